The standard InChI is InChI=1S/C17H21P/c1-3-5-12(2)18-16-11-10-14-9-8-13-6-4-7-15(16)17(13)14/h4,6-7,10-12,18H,3,5,8-9H2,1-2H3. The van der Waals surface area contributed by atoms with Crippen molar-refractivity contribution in [3.05, 3.63) is 41.5 Å². The zero-order chi connectivity index (χ0) is 12.5. The predicted molar refractivity (Wildman–Crippen MR) is 83.7 cm³/mol. The molecule has 0 saturated carbocycles. The van der Waals surface area contributed by atoms with Gasteiger partial charge in [0.25, 0.3) is 0 Å². The van der Waals surface area contributed by atoms with Gasteiger partial charge >= 0.3 is 0 Å². The van der Waals surface area contributed by atoms with Crippen molar-refractivity contribution < 1.29 is 0 Å². The van der Waals surface area contributed by atoms with Crippen molar-refractivity contribution >= 4 is 24.7 Å². The van der Waals surface area contributed by atoms with Crippen molar-refractivity contribution in [1.29, 1.82) is 0 Å². The summed E-state index contributed by atoms with van der Waals surface area (Å²) in [4.78, 5) is 0. The molecule has 0 amide bonds. The summed E-state index contributed by atoms with van der Waals surface area (Å²) in [5.74, 6) is 0. The molecular weight excluding hydrogens is 235 g/mol. The van der Waals surface area contributed by atoms with Gasteiger partial charge in [-0.1, -0.05) is 59.2 Å². The summed E-state index contributed by atoms with van der Waals surface area (Å²) in [5, 5.41) is 4.69. The molecule has 2 unspecified atom stereocenters. The van der Waals surface area contributed by atoms with Crippen LogP contribution >= 0.6 is 8.58 Å². The fourth-order valence-electron chi connectivity index (χ4n) is 3.14. The lowest BCUT2D eigenvalue weighted by atomic mass is 10.1. The third-order valence-electron chi connectivity index (χ3n) is 4.00. The summed E-state index contributed by atoms with van der Waals surface area (Å²) in [6.45, 7) is 4.68. The average molecular weight is 256 g/mol. The van der Waals surface area contributed by atoms with Crippen molar-refractivity contribution in [2.75, 3.05) is 0 Å². The van der Waals surface area contributed by atoms with E-state index in [1.165, 1.54) is 31.1 Å². The summed E-state index contributed by atoms with van der Waals surface area (Å²) in [6.07, 6.45) is 5.13. The first-order valence-corrected chi connectivity index (χ1v) is 8.17. The molecule has 1 aliphatic rings. The molecule has 0 fully saturated rings. The molecule has 0 saturated heterocycles. The molecule has 3 rings (SSSR count). The van der Waals surface area contributed by atoms with Gasteiger partial charge in [-0.25, -0.2) is 0 Å². The molecule has 18 heavy (non-hydrogen) atoms. The van der Waals surface area contributed by atoms with Crippen molar-refractivity contribution in [3.8, 4) is 0 Å². The van der Waals surface area contributed by atoms with Crippen LogP contribution in [0.4, 0.5) is 0 Å². The predicted octanol–water partition coefficient (Wildman–Crippen LogP) is 4.43. The average Bonchev–Trinajstić information content (AvgIpc) is 2.78. The largest absolute Gasteiger partial charge is 0.0868 e. The Labute approximate surface area is 112 Å². The molecule has 0 N–H and O–H groups in total. The molecule has 1 heteroatoms. The van der Waals surface area contributed by atoms with Crippen LogP contribution in [0.2, 0.25) is 0 Å². The fraction of sp³-hybridized carbons (Fsp3) is 0.412. The Kier molecular flexibility index (Phi) is 3.39. The lowest BCUT2D eigenvalue weighted by Gasteiger charge is -2.13. The normalized spacial score (nSPS) is 15.9. The Bertz CT molecular complexity index is 561. The van der Waals surface area contributed by atoms with Gasteiger partial charge in [-0.15, -0.1) is 0 Å². The van der Waals surface area contributed by atoms with Crippen LogP contribution in [0.25, 0.3) is 10.8 Å². The van der Waals surface area contributed by atoms with Crippen LogP contribution in [-0.4, -0.2) is 5.66 Å². The molecule has 0 spiro atoms. The minimum atomic E-state index is 0.827. The maximum atomic E-state index is 2.39. The van der Waals surface area contributed by atoms with Crippen molar-refractivity contribution in [2.45, 2.75) is 45.2 Å². The first kappa shape index (κ1) is 12.2. The highest BCUT2D eigenvalue weighted by atomic mass is 31.1. The monoisotopic (exact) mass is 256 g/mol. The van der Waals surface area contributed by atoms with E-state index in [-0.39, 0.29) is 0 Å². The molecule has 2 aromatic carbocycles. The van der Waals surface area contributed by atoms with Gasteiger partial charge in [0.05, 0.1) is 0 Å². The third kappa shape index (κ3) is 2.08. The van der Waals surface area contributed by atoms with Gasteiger partial charge in [-0.2, -0.15) is 0 Å². The smallest absolute Gasteiger partial charge is 0.0104 e. The Morgan fingerprint density at radius 1 is 1.11 bits per heavy atom. The quantitative estimate of drug-likeness (QED) is 0.710. The molecule has 1 aliphatic carbocycles. The van der Waals surface area contributed by atoms with E-state index in [0.29, 0.717) is 0 Å². The van der Waals surface area contributed by atoms with E-state index < -0.39 is 0 Å². The van der Waals surface area contributed by atoms with Crippen molar-refractivity contribution in [1.82, 2.24) is 0 Å². The van der Waals surface area contributed by atoms with Gasteiger partial charge in [0.1, 0.15) is 0 Å². The zero-order valence-corrected chi connectivity index (χ0v) is 12.3. The molecule has 2 aromatic rings. The van der Waals surface area contributed by atoms with Gasteiger partial charge in [-0.05, 0) is 52.1 Å². The second kappa shape index (κ2) is 5.02. The minimum absolute atomic E-state index is 0.827. The van der Waals surface area contributed by atoms with Crippen LogP contribution in [0, 0.1) is 0 Å². The minimum Gasteiger partial charge on any atom is -0.0868 e. The summed E-state index contributed by atoms with van der Waals surface area (Å²) >= 11 is 0. The van der Waals surface area contributed by atoms with Crippen LogP contribution in [0.3, 0.4) is 0 Å². The highest BCUT2D eigenvalue weighted by Crippen LogP contribution is 2.33. The molecule has 94 valence electrons. The Morgan fingerprint density at radius 2 is 1.89 bits per heavy atom. The van der Waals surface area contributed by atoms with E-state index in [2.05, 4.69) is 44.2 Å². The van der Waals surface area contributed by atoms with Crippen molar-refractivity contribution in [2.24, 2.45) is 0 Å². The lowest BCUT2D eigenvalue weighted by Crippen LogP contribution is -2.04. The maximum Gasteiger partial charge on any atom is -0.0104 e. The van der Waals surface area contributed by atoms with E-state index in [9.17, 15) is 0 Å². The second-order valence-electron chi connectivity index (χ2n) is 5.45. The molecule has 0 radical (unpaired) electrons. The third-order valence-corrected chi connectivity index (χ3v) is 5.53. The van der Waals surface area contributed by atoms with Crippen molar-refractivity contribution in [3.63, 3.8) is 0 Å². The second-order valence-corrected chi connectivity index (χ2v) is 7.26. The van der Waals surface area contributed by atoms with E-state index in [1.54, 1.807) is 21.8 Å². The zero-order valence-electron chi connectivity index (χ0n) is 11.3. The molecule has 2 atom stereocenters. The van der Waals surface area contributed by atoms with Crippen LogP contribution < -0.4 is 5.30 Å². The molecule has 0 heterocycles. The van der Waals surface area contributed by atoms with E-state index >= 15 is 0 Å². The van der Waals surface area contributed by atoms with Crippen LogP contribution in [0.1, 0.15) is 37.8 Å². The van der Waals surface area contributed by atoms with E-state index in [4.69, 9.17) is 0 Å². The molecule has 0 aromatic heterocycles. The lowest BCUT2D eigenvalue weighted by molar-refractivity contribution is 0.785. The molecule has 0 aliphatic heterocycles. The SMILES string of the molecule is CCCC(C)Pc1ccc2c3c(cccc13)CC2. The molecular formula is C17H21P. The Balaban J connectivity index is 2.04. The van der Waals surface area contributed by atoms with Crippen LogP contribution in [-0.2, 0) is 12.8 Å². The van der Waals surface area contributed by atoms with Gasteiger partial charge in [0.2, 0.25) is 0 Å². The summed E-state index contributed by atoms with van der Waals surface area (Å²) < 4.78 is 0. The number of hydrogen-bond acceptors (Lipinski definition) is 0. The van der Waals surface area contributed by atoms with Gasteiger partial charge in [0, 0.05) is 0 Å². The molecule has 0 bridgehead atoms. The van der Waals surface area contributed by atoms with Gasteiger partial charge in [-0.3, -0.25) is 0 Å². The van der Waals surface area contributed by atoms with Crippen LogP contribution in [0.5, 0.6) is 0 Å². The summed E-state index contributed by atoms with van der Waals surface area (Å²) in [5.41, 5.74) is 3.96. The first-order chi connectivity index (χ1) is 8.79. The number of rotatable bonds is 4. The van der Waals surface area contributed by atoms with Gasteiger partial charge < -0.3 is 0 Å². The highest BCUT2D eigenvalue weighted by molar-refractivity contribution is 7.48. The molecule has 0 nitrogen and oxygen atoms in total. The van der Waals surface area contributed by atoms with E-state index in [0.717, 1.165) is 14.2 Å². The topological polar surface area (TPSA) is 0 Å². The fourth-order valence-corrected chi connectivity index (χ4v) is 4.65. The maximum absolute atomic E-state index is 2.39. The van der Waals surface area contributed by atoms with Gasteiger partial charge in [0.15, 0.2) is 0 Å². The highest BCUT2D eigenvalue weighted by Gasteiger charge is 2.16. The Morgan fingerprint density at radius 3 is 2.67 bits per heavy atom. The number of aryl methyl sites for hydroxylation is 2. The van der Waals surface area contributed by atoms with E-state index in [1.807, 2.05) is 0 Å². The first-order valence-electron chi connectivity index (χ1n) is 7.09. The summed E-state index contributed by atoms with van der Waals surface area (Å²) in [6, 6.07) is 11.6. The number of benzene rings is 2. The Hall–Kier alpha value is -0.870. The summed E-state index contributed by atoms with van der Waals surface area (Å²) in [7, 11) is 0.959. The van der Waals surface area contributed by atoms with Crippen LogP contribution in [0.15, 0.2) is 30.3 Å². The number of hydrogen-bond donors (Lipinski definition) is 0.